The van der Waals surface area contributed by atoms with Gasteiger partial charge in [-0.15, -0.1) is 11.3 Å². The van der Waals surface area contributed by atoms with E-state index >= 15 is 0 Å². The number of carbonyl (C=O) groups is 2. The van der Waals surface area contributed by atoms with Crippen LogP contribution in [0.4, 0.5) is 5.00 Å². The summed E-state index contributed by atoms with van der Waals surface area (Å²) in [6.07, 6.45) is 1.80. The molecule has 0 aliphatic rings. The zero-order valence-electron chi connectivity index (χ0n) is 16.3. The second-order valence-corrected chi connectivity index (χ2v) is 7.89. The lowest BCUT2D eigenvalue weighted by atomic mass is 10.0. The van der Waals surface area contributed by atoms with Gasteiger partial charge in [0.2, 0.25) is 5.91 Å². The summed E-state index contributed by atoms with van der Waals surface area (Å²) >= 11 is 7.31. The van der Waals surface area contributed by atoms with Gasteiger partial charge in [-0.2, -0.15) is 0 Å². The minimum absolute atomic E-state index is 0.162. The third-order valence-electron chi connectivity index (χ3n) is 4.64. The summed E-state index contributed by atoms with van der Waals surface area (Å²) in [6.45, 7) is 2.09. The third kappa shape index (κ3) is 5.25. The summed E-state index contributed by atoms with van der Waals surface area (Å²) in [5, 5.41) is 5.89. The minimum atomic E-state index is -0.467. The van der Waals surface area contributed by atoms with Crippen LogP contribution >= 0.6 is 22.9 Å². The van der Waals surface area contributed by atoms with Crippen molar-refractivity contribution in [2.75, 3.05) is 12.4 Å². The quantitative estimate of drug-likeness (QED) is 0.471. The Morgan fingerprint density at radius 1 is 1.10 bits per heavy atom. The second kappa shape index (κ2) is 9.72. The van der Waals surface area contributed by atoms with Crippen LogP contribution in [0.5, 0.6) is 0 Å². The molecule has 0 saturated carbocycles. The van der Waals surface area contributed by atoms with E-state index in [4.69, 9.17) is 16.3 Å². The molecule has 3 aromatic rings. The Morgan fingerprint density at radius 2 is 1.86 bits per heavy atom. The number of anilines is 1. The zero-order chi connectivity index (χ0) is 20.8. The number of carbonyl (C=O) groups excluding carboxylic acids is 2. The molecule has 1 N–H and O–H groups in total. The Hall–Kier alpha value is -2.63. The largest absolute Gasteiger partial charge is 0.465 e. The van der Waals surface area contributed by atoms with Crippen molar-refractivity contribution in [3.05, 3.63) is 75.6 Å². The van der Waals surface area contributed by atoms with E-state index in [1.165, 1.54) is 24.0 Å². The SMILES string of the molecule is CCc1ccc(-c2csc(NC(=O)CCc3cccc(Cl)c3)c2C(=O)OC)cc1. The van der Waals surface area contributed by atoms with Crippen LogP contribution in [-0.2, 0) is 22.4 Å². The predicted octanol–water partition coefficient (Wildman–Crippen LogP) is 5.99. The molecule has 29 heavy (non-hydrogen) atoms. The lowest BCUT2D eigenvalue weighted by Gasteiger charge is -2.08. The fraction of sp³-hybridized carbons (Fsp3) is 0.217. The standard InChI is InChI=1S/C23H22ClNO3S/c1-3-15-7-10-17(11-8-15)19-14-29-22(21(19)23(27)28-2)25-20(26)12-9-16-5-4-6-18(24)13-16/h4-8,10-11,13-14H,3,9,12H2,1-2H3,(H,25,26). The van der Waals surface area contributed by atoms with Crippen molar-refractivity contribution < 1.29 is 14.3 Å². The molecule has 0 spiro atoms. The first-order valence-electron chi connectivity index (χ1n) is 9.35. The fourth-order valence-electron chi connectivity index (χ4n) is 3.03. The molecule has 0 saturated heterocycles. The number of aryl methyl sites for hydroxylation is 2. The van der Waals surface area contributed by atoms with E-state index in [9.17, 15) is 9.59 Å². The number of hydrogen-bond acceptors (Lipinski definition) is 4. The van der Waals surface area contributed by atoms with Gasteiger partial charge in [-0.3, -0.25) is 4.79 Å². The average molecular weight is 428 g/mol. The first-order valence-corrected chi connectivity index (χ1v) is 10.6. The lowest BCUT2D eigenvalue weighted by molar-refractivity contribution is -0.116. The van der Waals surface area contributed by atoms with E-state index in [1.54, 1.807) is 6.07 Å². The maximum Gasteiger partial charge on any atom is 0.341 e. The van der Waals surface area contributed by atoms with Crippen molar-refractivity contribution in [1.29, 1.82) is 0 Å². The molecule has 0 unspecified atom stereocenters. The minimum Gasteiger partial charge on any atom is -0.465 e. The molecule has 1 aromatic heterocycles. The van der Waals surface area contributed by atoms with Crippen LogP contribution in [0.1, 0.15) is 34.8 Å². The van der Waals surface area contributed by atoms with Gasteiger partial charge in [-0.25, -0.2) is 4.79 Å². The van der Waals surface area contributed by atoms with Crippen LogP contribution in [0.2, 0.25) is 5.02 Å². The molecule has 0 bridgehead atoms. The van der Waals surface area contributed by atoms with Crippen LogP contribution in [-0.4, -0.2) is 19.0 Å². The Labute approximate surface area is 179 Å². The number of ether oxygens (including phenoxy) is 1. The summed E-state index contributed by atoms with van der Waals surface area (Å²) in [6, 6.07) is 15.5. The molecule has 1 heterocycles. The lowest BCUT2D eigenvalue weighted by Crippen LogP contribution is -2.14. The number of hydrogen-bond donors (Lipinski definition) is 1. The van der Waals surface area contributed by atoms with Gasteiger partial charge in [0.1, 0.15) is 10.6 Å². The van der Waals surface area contributed by atoms with Gasteiger partial charge in [-0.05, 0) is 41.7 Å². The van der Waals surface area contributed by atoms with Crippen molar-refractivity contribution in [3.8, 4) is 11.1 Å². The Bertz CT molecular complexity index is 1010. The van der Waals surface area contributed by atoms with Gasteiger partial charge in [0.25, 0.3) is 0 Å². The summed E-state index contributed by atoms with van der Waals surface area (Å²) in [5.41, 5.74) is 4.27. The highest BCUT2D eigenvalue weighted by molar-refractivity contribution is 7.15. The van der Waals surface area contributed by atoms with Crippen molar-refractivity contribution in [2.24, 2.45) is 0 Å². The topological polar surface area (TPSA) is 55.4 Å². The summed E-state index contributed by atoms with van der Waals surface area (Å²) in [7, 11) is 1.34. The molecule has 150 valence electrons. The molecule has 1 amide bonds. The highest BCUT2D eigenvalue weighted by atomic mass is 35.5. The Balaban J connectivity index is 1.78. The van der Waals surface area contributed by atoms with E-state index < -0.39 is 5.97 Å². The van der Waals surface area contributed by atoms with Crippen LogP contribution < -0.4 is 5.32 Å². The molecular weight excluding hydrogens is 406 g/mol. The van der Waals surface area contributed by atoms with Gasteiger partial charge in [0.05, 0.1) is 7.11 Å². The number of rotatable bonds is 7. The highest BCUT2D eigenvalue weighted by Gasteiger charge is 2.22. The molecule has 0 aliphatic carbocycles. The van der Waals surface area contributed by atoms with Crippen molar-refractivity contribution in [2.45, 2.75) is 26.2 Å². The summed E-state index contributed by atoms with van der Waals surface area (Å²) < 4.78 is 4.97. The van der Waals surface area contributed by atoms with E-state index in [2.05, 4.69) is 12.2 Å². The van der Waals surface area contributed by atoms with Crippen molar-refractivity contribution >= 4 is 39.8 Å². The molecule has 6 heteroatoms. The van der Waals surface area contributed by atoms with Crippen LogP contribution in [0.3, 0.4) is 0 Å². The number of esters is 1. The molecule has 4 nitrogen and oxygen atoms in total. The fourth-order valence-corrected chi connectivity index (χ4v) is 4.21. The van der Waals surface area contributed by atoms with Gasteiger partial charge in [0.15, 0.2) is 0 Å². The Morgan fingerprint density at radius 3 is 2.52 bits per heavy atom. The first kappa shape index (κ1) is 21.1. The molecule has 0 atom stereocenters. The van der Waals surface area contributed by atoms with E-state index in [0.29, 0.717) is 28.4 Å². The molecule has 2 aromatic carbocycles. The normalized spacial score (nSPS) is 10.6. The number of thiophene rings is 1. The third-order valence-corrected chi connectivity index (χ3v) is 5.77. The number of nitrogens with one attached hydrogen (secondary N) is 1. The van der Waals surface area contributed by atoms with Crippen LogP contribution in [0.15, 0.2) is 53.9 Å². The van der Waals surface area contributed by atoms with Crippen LogP contribution in [0, 0.1) is 0 Å². The molecule has 0 aliphatic heterocycles. The van der Waals surface area contributed by atoms with Gasteiger partial charge < -0.3 is 10.1 Å². The van der Waals surface area contributed by atoms with E-state index in [-0.39, 0.29) is 5.91 Å². The monoisotopic (exact) mass is 427 g/mol. The van der Waals surface area contributed by atoms with E-state index in [0.717, 1.165) is 23.1 Å². The number of amides is 1. The number of methoxy groups -OCH3 is 1. The maximum absolute atomic E-state index is 12.5. The van der Waals surface area contributed by atoms with Crippen LogP contribution in [0.25, 0.3) is 11.1 Å². The average Bonchev–Trinajstić information content (AvgIpc) is 3.15. The van der Waals surface area contributed by atoms with E-state index in [1.807, 2.05) is 47.8 Å². The highest BCUT2D eigenvalue weighted by Crippen LogP contribution is 2.36. The van der Waals surface area contributed by atoms with Crippen molar-refractivity contribution in [1.82, 2.24) is 0 Å². The molecular formula is C23H22ClNO3S. The van der Waals surface area contributed by atoms with Gasteiger partial charge in [-0.1, -0.05) is 54.9 Å². The summed E-state index contributed by atoms with van der Waals surface area (Å²) in [5.74, 6) is -0.629. The van der Waals surface area contributed by atoms with Gasteiger partial charge >= 0.3 is 5.97 Å². The first-order chi connectivity index (χ1) is 14.0. The number of halogens is 1. The zero-order valence-corrected chi connectivity index (χ0v) is 17.9. The second-order valence-electron chi connectivity index (χ2n) is 6.57. The Kier molecular flexibility index (Phi) is 7.07. The van der Waals surface area contributed by atoms with Crippen molar-refractivity contribution in [3.63, 3.8) is 0 Å². The smallest absolute Gasteiger partial charge is 0.341 e. The van der Waals surface area contributed by atoms with Gasteiger partial charge in [0, 0.05) is 22.4 Å². The maximum atomic E-state index is 12.5. The summed E-state index contributed by atoms with van der Waals surface area (Å²) in [4.78, 5) is 24.9. The number of benzene rings is 2. The predicted molar refractivity (Wildman–Crippen MR) is 119 cm³/mol. The molecule has 0 fully saturated rings. The molecule has 0 radical (unpaired) electrons. The molecule has 3 rings (SSSR count).